The SMILES string of the molecule is O=C(NCCc1ccccc1Cl)Nc1ccc(OC(F)F)cc1. The summed E-state index contributed by atoms with van der Waals surface area (Å²) in [6, 6.07) is 12.7. The summed E-state index contributed by atoms with van der Waals surface area (Å²) >= 11 is 6.03. The molecule has 0 bridgehead atoms. The first-order valence-electron chi connectivity index (χ1n) is 6.88. The third-order valence-corrected chi connectivity index (χ3v) is 3.34. The van der Waals surface area contributed by atoms with Crippen LogP contribution in [0.2, 0.25) is 5.02 Å². The summed E-state index contributed by atoms with van der Waals surface area (Å²) in [4.78, 5) is 11.7. The normalized spacial score (nSPS) is 10.4. The van der Waals surface area contributed by atoms with E-state index in [1.807, 2.05) is 18.2 Å². The number of benzene rings is 2. The minimum absolute atomic E-state index is 0.0321. The molecule has 2 aromatic carbocycles. The Morgan fingerprint density at radius 2 is 1.83 bits per heavy atom. The van der Waals surface area contributed by atoms with Gasteiger partial charge in [-0.15, -0.1) is 0 Å². The van der Waals surface area contributed by atoms with Gasteiger partial charge in [0.2, 0.25) is 0 Å². The molecular weight excluding hydrogens is 326 g/mol. The van der Waals surface area contributed by atoms with Gasteiger partial charge in [-0.2, -0.15) is 8.78 Å². The molecule has 0 saturated heterocycles. The Balaban J connectivity index is 1.77. The lowest BCUT2D eigenvalue weighted by Gasteiger charge is -2.09. The summed E-state index contributed by atoms with van der Waals surface area (Å²) in [5, 5.41) is 5.95. The summed E-state index contributed by atoms with van der Waals surface area (Å²) in [7, 11) is 0. The number of nitrogens with one attached hydrogen (secondary N) is 2. The molecule has 2 rings (SSSR count). The van der Waals surface area contributed by atoms with E-state index in [0.29, 0.717) is 23.7 Å². The molecule has 2 amide bonds. The van der Waals surface area contributed by atoms with Crippen molar-refractivity contribution in [1.82, 2.24) is 5.32 Å². The van der Waals surface area contributed by atoms with Crippen LogP contribution < -0.4 is 15.4 Å². The molecule has 0 atom stereocenters. The Morgan fingerprint density at radius 3 is 2.48 bits per heavy atom. The van der Waals surface area contributed by atoms with E-state index in [1.165, 1.54) is 24.3 Å². The monoisotopic (exact) mass is 340 g/mol. The molecule has 122 valence electrons. The van der Waals surface area contributed by atoms with Crippen LogP contribution >= 0.6 is 11.6 Å². The fraction of sp³-hybridized carbons (Fsp3) is 0.188. The second kappa shape index (κ2) is 8.33. The van der Waals surface area contributed by atoms with Crippen molar-refractivity contribution in [3.05, 3.63) is 59.1 Å². The third-order valence-electron chi connectivity index (χ3n) is 2.98. The second-order valence-corrected chi connectivity index (χ2v) is 5.03. The van der Waals surface area contributed by atoms with E-state index in [2.05, 4.69) is 15.4 Å². The van der Waals surface area contributed by atoms with Gasteiger partial charge >= 0.3 is 12.6 Å². The predicted molar refractivity (Wildman–Crippen MR) is 85.3 cm³/mol. The second-order valence-electron chi connectivity index (χ2n) is 4.63. The molecule has 0 unspecified atom stereocenters. The van der Waals surface area contributed by atoms with Gasteiger partial charge in [-0.05, 0) is 42.3 Å². The molecular formula is C16H15ClF2N2O2. The van der Waals surface area contributed by atoms with Crippen LogP contribution in [0.3, 0.4) is 0 Å². The van der Waals surface area contributed by atoms with Crippen molar-refractivity contribution in [2.45, 2.75) is 13.0 Å². The average molecular weight is 341 g/mol. The van der Waals surface area contributed by atoms with E-state index in [0.717, 1.165) is 5.56 Å². The Kier molecular flexibility index (Phi) is 6.17. The van der Waals surface area contributed by atoms with E-state index in [-0.39, 0.29) is 11.8 Å². The maximum absolute atomic E-state index is 12.0. The Bertz CT molecular complexity index is 651. The zero-order chi connectivity index (χ0) is 16.7. The van der Waals surface area contributed by atoms with Gasteiger partial charge in [-0.25, -0.2) is 4.79 Å². The van der Waals surface area contributed by atoms with Crippen molar-refractivity contribution < 1.29 is 18.3 Å². The van der Waals surface area contributed by atoms with Crippen LogP contribution in [-0.2, 0) is 6.42 Å². The minimum atomic E-state index is -2.87. The van der Waals surface area contributed by atoms with E-state index in [4.69, 9.17) is 11.6 Å². The number of halogens is 3. The van der Waals surface area contributed by atoms with Crippen LogP contribution in [0.5, 0.6) is 5.75 Å². The third kappa shape index (κ3) is 5.75. The molecule has 4 nitrogen and oxygen atoms in total. The molecule has 2 N–H and O–H groups in total. The molecule has 0 aromatic heterocycles. The molecule has 0 aliphatic carbocycles. The largest absolute Gasteiger partial charge is 0.435 e. The van der Waals surface area contributed by atoms with Crippen molar-refractivity contribution in [3.8, 4) is 5.75 Å². The number of alkyl halides is 2. The Labute approximate surface area is 137 Å². The lowest BCUT2D eigenvalue weighted by atomic mass is 10.1. The summed E-state index contributed by atoms with van der Waals surface area (Å²) in [6.07, 6.45) is 0.605. The summed E-state index contributed by atoms with van der Waals surface area (Å²) in [5.74, 6) is 0.0321. The Morgan fingerprint density at radius 1 is 1.13 bits per heavy atom. The number of carbonyl (C=O) groups is 1. The van der Waals surface area contributed by atoms with Crippen molar-refractivity contribution in [3.63, 3.8) is 0 Å². The zero-order valence-corrected chi connectivity index (χ0v) is 12.8. The highest BCUT2D eigenvalue weighted by atomic mass is 35.5. The standard InChI is InChI=1S/C16H15ClF2N2O2/c17-14-4-2-1-3-11(14)9-10-20-16(22)21-12-5-7-13(8-6-12)23-15(18)19/h1-8,15H,9-10H2,(H2,20,21,22). The van der Waals surface area contributed by atoms with Gasteiger partial charge in [0.25, 0.3) is 0 Å². The summed E-state index contributed by atoms with van der Waals surface area (Å²) in [6.45, 7) is -2.45. The number of hydrogen-bond donors (Lipinski definition) is 2. The van der Waals surface area contributed by atoms with Gasteiger partial charge in [-0.3, -0.25) is 0 Å². The minimum Gasteiger partial charge on any atom is -0.435 e. The quantitative estimate of drug-likeness (QED) is 0.823. The maximum Gasteiger partial charge on any atom is 0.387 e. The van der Waals surface area contributed by atoms with E-state index >= 15 is 0 Å². The molecule has 0 heterocycles. The van der Waals surface area contributed by atoms with Gasteiger partial charge in [0.1, 0.15) is 5.75 Å². The van der Waals surface area contributed by atoms with Crippen LogP contribution in [0, 0.1) is 0 Å². The van der Waals surface area contributed by atoms with Gasteiger partial charge < -0.3 is 15.4 Å². The van der Waals surface area contributed by atoms with Crippen molar-refractivity contribution >= 4 is 23.3 Å². The molecule has 7 heteroatoms. The first-order valence-corrected chi connectivity index (χ1v) is 7.25. The first-order chi connectivity index (χ1) is 11.0. The average Bonchev–Trinajstić information content (AvgIpc) is 2.51. The van der Waals surface area contributed by atoms with E-state index < -0.39 is 6.61 Å². The van der Waals surface area contributed by atoms with Crippen LogP contribution in [0.4, 0.5) is 19.3 Å². The number of amides is 2. The number of urea groups is 1. The van der Waals surface area contributed by atoms with Gasteiger partial charge in [-0.1, -0.05) is 29.8 Å². The number of ether oxygens (including phenoxy) is 1. The molecule has 23 heavy (non-hydrogen) atoms. The van der Waals surface area contributed by atoms with Crippen LogP contribution in [-0.4, -0.2) is 19.2 Å². The molecule has 2 aromatic rings. The van der Waals surface area contributed by atoms with Gasteiger partial charge in [0.05, 0.1) is 0 Å². The van der Waals surface area contributed by atoms with Gasteiger partial charge in [0, 0.05) is 17.3 Å². The van der Waals surface area contributed by atoms with Crippen LogP contribution in [0.15, 0.2) is 48.5 Å². The molecule has 0 spiro atoms. The summed E-state index contributed by atoms with van der Waals surface area (Å²) < 4.78 is 28.3. The lowest BCUT2D eigenvalue weighted by molar-refractivity contribution is -0.0498. The number of rotatable bonds is 6. The van der Waals surface area contributed by atoms with E-state index in [1.54, 1.807) is 6.07 Å². The topological polar surface area (TPSA) is 50.4 Å². The molecule has 0 aliphatic rings. The van der Waals surface area contributed by atoms with Crippen molar-refractivity contribution in [1.29, 1.82) is 0 Å². The number of carbonyl (C=O) groups excluding carboxylic acids is 1. The highest BCUT2D eigenvalue weighted by Crippen LogP contribution is 2.17. The molecule has 0 fully saturated rings. The maximum atomic E-state index is 12.0. The van der Waals surface area contributed by atoms with E-state index in [9.17, 15) is 13.6 Å². The van der Waals surface area contributed by atoms with Gasteiger partial charge in [0.15, 0.2) is 0 Å². The highest BCUT2D eigenvalue weighted by molar-refractivity contribution is 6.31. The number of anilines is 1. The molecule has 0 saturated carbocycles. The lowest BCUT2D eigenvalue weighted by Crippen LogP contribution is -2.30. The zero-order valence-electron chi connectivity index (χ0n) is 12.1. The van der Waals surface area contributed by atoms with Crippen molar-refractivity contribution in [2.24, 2.45) is 0 Å². The molecule has 0 aliphatic heterocycles. The fourth-order valence-corrected chi connectivity index (χ4v) is 2.14. The molecule has 0 radical (unpaired) electrons. The summed E-state index contributed by atoms with van der Waals surface area (Å²) in [5.41, 5.74) is 1.42. The number of hydrogen-bond acceptors (Lipinski definition) is 2. The van der Waals surface area contributed by atoms with Crippen LogP contribution in [0.25, 0.3) is 0 Å². The van der Waals surface area contributed by atoms with Crippen LogP contribution in [0.1, 0.15) is 5.56 Å². The predicted octanol–water partition coefficient (Wildman–Crippen LogP) is 4.31. The van der Waals surface area contributed by atoms with Crippen molar-refractivity contribution in [2.75, 3.05) is 11.9 Å². The first kappa shape index (κ1) is 17.0. The highest BCUT2D eigenvalue weighted by Gasteiger charge is 2.06. The Hall–Kier alpha value is -2.34. The fourth-order valence-electron chi connectivity index (χ4n) is 1.91. The smallest absolute Gasteiger partial charge is 0.387 e.